The maximum Gasteiger partial charge on any atom is 0.148 e. The molecule has 2 aromatic carbocycles. The third-order valence-electron chi connectivity index (χ3n) is 2.59. The number of ether oxygens (including phenoxy) is 1. The van der Waals surface area contributed by atoms with E-state index in [1.165, 1.54) is 12.1 Å². The lowest BCUT2D eigenvalue weighted by atomic mass is 10.2. The molecule has 0 bridgehead atoms. The van der Waals surface area contributed by atoms with Crippen LogP contribution in [0.5, 0.6) is 5.75 Å². The van der Waals surface area contributed by atoms with E-state index in [0.29, 0.717) is 6.54 Å². The number of benzene rings is 2. The average Bonchev–Trinajstić information content (AvgIpc) is 2.46. The van der Waals surface area contributed by atoms with Crippen molar-refractivity contribution in [2.45, 2.75) is 6.54 Å². The van der Waals surface area contributed by atoms with E-state index in [-0.39, 0.29) is 12.4 Å². The first-order chi connectivity index (χ1) is 9.28. The highest BCUT2D eigenvalue weighted by Gasteiger charge is 1.96. The van der Waals surface area contributed by atoms with E-state index in [4.69, 9.17) is 11.2 Å². The number of hydrogen-bond acceptors (Lipinski definition) is 2. The molecule has 3 heteroatoms. The van der Waals surface area contributed by atoms with Gasteiger partial charge in [-0.2, -0.15) is 0 Å². The Hall–Kier alpha value is -2.47. The first-order valence-corrected chi connectivity index (χ1v) is 5.92. The monoisotopic (exact) mass is 255 g/mol. The van der Waals surface area contributed by atoms with Gasteiger partial charge < -0.3 is 10.1 Å². The zero-order chi connectivity index (χ0) is 13.5. The van der Waals surface area contributed by atoms with Gasteiger partial charge in [-0.05, 0) is 42.0 Å². The number of nitrogens with one attached hydrogen (secondary N) is 1. The van der Waals surface area contributed by atoms with Crippen LogP contribution < -0.4 is 10.1 Å². The highest BCUT2D eigenvalue weighted by atomic mass is 19.1. The van der Waals surface area contributed by atoms with Crippen molar-refractivity contribution in [2.75, 3.05) is 11.9 Å². The first kappa shape index (κ1) is 13.0. The van der Waals surface area contributed by atoms with Crippen LogP contribution in [0.1, 0.15) is 5.56 Å². The molecule has 2 nitrogen and oxygen atoms in total. The molecular formula is C16H14FNO. The Bertz CT molecular complexity index is 555. The molecule has 1 N–H and O–H groups in total. The molecule has 2 rings (SSSR count). The van der Waals surface area contributed by atoms with E-state index in [1.807, 2.05) is 24.3 Å². The van der Waals surface area contributed by atoms with E-state index < -0.39 is 0 Å². The Morgan fingerprint density at radius 3 is 2.37 bits per heavy atom. The Balaban J connectivity index is 1.89. The molecule has 0 aromatic heterocycles. The maximum absolute atomic E-state index is 12.7. The van der Waals surface area contributed by atoms with E-state index in [1.54, 1.807) is 12.1 Å². The molecule has 0 saturated heterocycles. The first-order valence-electron chi connectivity index (χ1n) is 5.92. The van der Waals surface area contributed by atoms with Crippen molar-refractivity contribution >= 4 is 5.69 Å². The fourth-order valence-corrected chi connectivity index (χ4v) is 1.60. The van der Waals surface area contributed by atoms with Crippen molar-refractivity contribution in [2.24, 2.45) is 0 Å². The number of halogens is 1. The Morgan fingerprint density at radius 1 is 1.05 bits per heavy atom. The molecule has 0 aliphatic carbocycles. The van der Waals surface area contributed by atoms with Crippen LogP contribution in [0.3, 0.4) is 0 Å². The minimum Gasteiger partial charge on any atom is -0.481 e. The van der Waals surface area contributed by atoms with Crippen LogP contribution in [0.25, 0.3) is 0 Å². The third kappa shape index (κ3) is 4.04. The summed E-state index contributed by atoms with van der Waals surface area (Å²) in [7, 11) is 0. The zero-order valence-corrected chi connectivity index (χ0v) is 10.4. The Morgan fingerprint density at radius 2 is 1.74 bits per heavy atom. The van der Waals surface area contributed by atoms with Crippen LogP contribution in [0, 0.1) is 18.2 Å². The third-order valence-corrected chi connectivity index (χ3v) is 2.59. The minimum atomic E-state index is -0.236. The van der Waals surface area contributed by atoms with Crippen molar-refractivity contribution in [3.8, 4) is 18.1 Å². The summed E-state index contributed by atoms with van der Waals surface area (Å²) in [5.41, 5.74) is 1.99. The predicted molar refractivity (Wildman–Crippen MR) is 74.5 cm³/mol. The molecule has 0 heterocycles. The van der Waals surface area contributed by atoms with Gasteiger partial charge in [0, 0.05) is 12.2 Å². The summed E-state index contributed by atoms with van der Waals surface area (Å²) in [6.45, 7) is 0.939. The summed E-state index contributed by atoms with van der Waals surface area (Å²) in [5.74, 6) is 2.93. The van der Waals surface area contributed by atoms with Gasteiger partial charge in [0.25, 0.3) is 0 Å². The summed E-state index contributed by atoms with van der Waals surface area (Å²) in [5, 5.41) is 3.21. The van der Waals surface area contributed by atoms with E-state index in [2.05, 4.69) is 11.2 Å². The minimum absolute atomic E-state index is 0.236. The lowest BCUT2D eigenvalue weighted by molar-refractivity contribution is 0.370. The van der Waals surface area contributed by atoms with Gasteiger partial charge in [-0.25, -0.2) is 4.39 Å². The highest BCUT2D eigenvalue weighted by molar-refractivity contribution is 5.43. The smallest absolute Gasteiger partial charge is 0.148 e. The second-order valence-electron chi connectivity index (χ2n) is 4.00. The molecule has 0 aliphatic rings. The highest BCUT2D eigenvalue weighted by Crippen LogP contribution is 2.14. The standard InChI is InChI=1S/C16H14FNO/c1-2-11-19-16-9-3-13(4-10-16)12-18-15-7-5-14(17)6-8-15/h1,3-10,18H,11-12H2. The summed E-state index contributed by atoms with van der Waals surface area (Å²) in [6, 6.07) is 13.9. The molecule has 0 radical (unpaired) electrons. The maximum atomic E-state index is 12.7. The molecule has 0 unspecified atom stereocenters. The van der Waals surface area contributed by atoms with Crippen LogP contribution >= 0.6 is 0 Å². The van der Waals surface area contributed by atoms with Crippen LogP contribution in [0.2, 0.25) is 0 Å². The van der Waals surface area contributed by atoms with E-state index in [9.17, 15) is 4.39 Å². The van der Waals surface area contributed by atoms with Gasteiger partial charge in [-0.15, -0.1) is 6.42 Å². The molecule has 0 atom stereocenters. The van der Waals surface area contributed by atoms with Crippen molar-refractivity contribution in [1.29, 1.82) is 0 Å². The zero-order valence-electron chi connectivity index (χ0n) is 10.4. The van der Waals surface area contributed by atoms with Crippen molar-refractivity contribution in [3.05, 3.63) is 59.9 Å². The van der Waals surface area contributed by atoms with Gasteiger partial charge in [0.15, 0.2) is 0 Å². The summed E-state index contributed by atoms with van der Waals surface area (Å²) in [6.07, 6.45) is 5.12. The van der Waals surface area contributed by atoms with E-state index >= 15 is 0 Å². The van der Waals surface area contributed by atoms with Gasteiger partial charge in [-0.3, -0.25) is 0 Å². The largest absolute Gasteiger partial charge is 0.481 e. The summed E-state index contributed by atoms with van der Waals surface area (Å²) >= 11 is 0. The Kier molecular flexibility index (Phi) is 4.41. The van der Waals surface area contributed by atoms with Gasteiger partial charge in [-0.1, -0.05) is 18.1 Å². The second kappa shape index (κ2) is 6.46. The van der Waals surface area contributed by atoms with E-state index in [0.717, 1.165) is 17.0 Å². The van der Waals surface area contributed by atoms with Gasteiger partial charge >= 0.3 is 0 Å². The number of anilines is 1. The number of hydrogen-bond donors (Lipinski definition) is 1. The SMILES string of the molecule is C#CCOc1ccc(CNc2ccc(F)cc2)cc1. The topological polar surface area (TPSA) is 21.3 Å². The van der Waals surface area contributed by atoms with Crippen LogP contribution in [-0.2, 0) is 6.54 Å². The van der Waals surface area contributed by atoms with Crippen LogP contribution in [0.15, 0.2) is 48.5 Å². The molecule has 0 amide bonds. The van der Waals surface area contributed by atoms with Crippen LogP contribution in [-0.4, -0.2) is 6.61 Å². The van der Waals surface area contributed by atoms with Crippen molar-refractivity contribution in [3.63, 3.8) is 0 Å². The molecule has 0 aliphatic heterocycles. The average molecular weight is 255 g/mol. The number of terminal acetylenes is 1. The molecule has 0 fully saturated rings. The normalized spacial score (nSPS) is 9.68. The summed E-state index contributed by atoms with van der Waals surface area (Å²) < 4.78 is 18.0. The van der Waals surface area contributed by atoms with Gasteiger partial charge in [0.05, 0.1) is 0 Å². The lowest BCUT2D eigenvalue weighted by Gasteiger charge is -2.07. The summed E-state index contributed by atoms with van der Waals surface area (Å²) in [4.78, 5) is 0. The molecular weight excluding hydrogens is 241 g/mol. The molecule has 96 valence electrons. The predicted octanol–water partition coefficient (Wildman–Crippen LogP) is 3.45. The van der Waals surface area contributed by atoms with Crippen LogP contribution in [0.4, 0.5) is 10.1 Å². The fraction of sp³-hybridized carbons (Fsp3) is 0.125. The van der Waals surface area contributed by atoms with Gasteiger partial charge in [0.2, 0.25) is 0 Å². The van der Waals surface area contributed by atoms with Gasteiger partial charge in [0.1, 0.15) is 18.2 Å². The van der Waals surface area contributed by atoms with Crippen molar-refractivity contribution in [1.82, 2.24) is 0 Å². The molecule has 0 spiro atoms. The molecule has 0 saturated carbocycles. The lowest BCUT2D eigenvalue weighted by Crippen LogP contribution is -1.99. The fourth-order valence-electron chi connectivity index (χ4n) is 1.60. The molecule has 19 heavy (non-hydrogen) atoms. The van der Waals surface area contributed by atoms with Crippen molar-refractivity contribution < 1.29 is 9.13 Å². The second-order valence-corrected chi connectivity index (χ2v) is 4.00. The number of rotatable bonds is 5. The molecule has 2 aromatic rings. The Labute approximate surface area is 112 Å². The quantitative estimate of drug-likeness (QED) is 0.826.